The minimum atomic E-state index is -0.833. The van der Waals surface area contributed by atoms with E-state index < -0.39 is 18.0 Å². The monoisotopic (exact) mass is 485 g/mol. The van der Waals surface area contributed by atoms with E-state index in [4.69, 9.17) is 0 Å². The van der Waals surface area contributed by atoms with Crippen molar-refractivity contribution in [2.75, 3.05) is 13.1 Å². The van der Waals surface area contributed by atoms with Crippen molar-refractivity contribution in [2.24, 2.45) is 5.92 Å². The molecule has 0 bridgehead atoms. The molecule has 4 heterocycles. The molecule has 0 radical (unpaired) electrons. The second-order valence-corrected chi connectivity index (χ2v) is 9.56. The number of carbonyl (C=O) groups excluding carboxylic acids is 4. The summed E-state index contributed by atoms with van der Waals surface area (Å²) in [6.07, 6.45) is 3.56. The van der Waals surface area contributed by atoms with Crippen LogP contribution in [0.5, 0.6) is 0 Å². The number of ketones is 1. The number of aromatic nitrogens is 2. The Labute approximate surface area is 208 Å². The van der Waals surface area contributed by atoms with Crippen LogP contribution in [0.3, 0.4) is 0 Å². The van der Waals surface area contributed by atoms with Gasteiger partial charge < -0.3 is 15.1 Å². The maximum Gasteiger partial charge on any atom is 0.270 e. The summed E-state index contributed by atoms with van der Waals surface area (Å²) < 4.78 is 0. The zero-order valence-corrected chi connectivity index (χ0v) is 20.1. The maximum absolute atomic E-state index is 13.6. The highest BCUT2D eigenvalue weighted by Crippen LogP contribution is 2.31. The first kappa shape index (κ1) is 23.6. The predicted octanol–water partition coefficient (Wildman–Crippen LogP) is 2.08. The van der Waals surface area contributed by atoms with Gasteiger partial charge in [-0.05, 0) is 36.6 Å². The van der Waals surface area contributed by atoms with Gasteiger partial charge in [-0.2, -0.15) is 0 Å². The molecule has 3 amide bonds. The molecular formula is C27H27N5O4. The van der Waals surface area contributed by atoms with Gasteiger partial charge in [0.1, 0.15) is 17.8 Å². The number of amides is 3. The summed E-state index contributed by atoms with van der Waals surface area (Å²) in [4.78, 5) is 64.2. The van der Waals surface area contributed by atoms with Crippen molar-refractivity contribution in [1.82, 2.24) is 25.1 Å². The largest absolute Gasteiger partial charge is 0.339 e. The van der Waals surface area contributed by atoms with Crippen LogP contribution in [0.4, 0.5) is 0 Å². The van der Waals surface area contributed by atoms with Crippen LogP contribution in [0, 0.1) is 5.92 Å². The van der Waals surface area contributed by atoms with Crippen LogP contribution in [-0.2, 0) is 9.59 Å². The number of likely N-dealkylation sites (tertiary alicyclic amines) is 2. The smallest absolute Gasteiger partial charge is 0.270 e. The number of pyridine rings is 2. The summed E-state index contributed by atoms with van der Waals surface area (Å²) in [5.41, 5.74) is 1.32. The Balaban J connectivity index is 1.33. The zero-order chi connectivity index (χ0) is 25.4. The average molecular weight is 486 g/mol. The van der Waals surface area contributed by atoms with E-state index >= 15 is 0 Å². The standard InChI is InChI=1S/C27H27N5O4/c1-16(2)23(30-25(34)20-10-9-17-6-3-4-8-19(17)29-20)27(36)31-13-11-21-24(31)22(33)15-32(21)26(35)18-7-5-12-28-14-18/h3-10,12,14,16,21,23-24H,11,13,15H2,1-2H3,(H,30,34)/t21-,23?,24+/m1/s1. The lowest BCUT2D eigenvalue weighted by Crippen LogP contribution is -2.54. The Morgan fingerprint density at radius 2 is 1.83 bits per heavy atom. The van der Waals surface area contributed by atoms with E-state index in [9.17, 15) is 19.2 Å². The first-order chi connectivity index (χ1) is 17.3. The van der Waals surface area contributed by atoms with Crippen LogP contribution in [0.2, 0.25) is 0 Å². The van der Waals surface area contributed by atoms with Crippen molar-refractivity contribution in [3.63, 3.8) is 0 Å². The lowest BCUT2D eigenvalue weighted by atomic mass is 10.0. The second kappa shape index (κ2) is 9.49. The van der Waals surface area contributed by atoms with Crippen LogP contribution in [0.1, 0.15) is 41.1 Å². The SMILES string of the molecule is CC(C)C(NC(=O)c1ccc2ccccc2n1)C(=O)N1CC[C@@H]2[C@H]1C(=O)CN2C(=O)c1cccnc1. The molecule has 9 heteroatoms. The Morgan fingerprint density at radius 1 is 1.03 bits per heavy atom. The molecule has 2 saturated heterocycles. The zero-order valence-electron chi connectivity index (χ0n) is 20.1. The highest BCUT2D eigenvalue weighted by atomic mass is 16.2. The number of rotatable bonds is 5. The Kier molecular flexibility index (Phi) is 6.22. The number of nitrogens with one attached hydrogen (secondary N) is 1. The number of para-hydroxylation sites is 1. The van der Waals surface area contributed by atoms with Crippen molar-refractivity contribution in [2.45, 2.75) is 38.4 Å². The van der Waals surface area contributed by atoms with Gasteiger partial charge in [-0.15, -0.1) is 0 Å². The Morgan fingerprint density at radius 3 is 2.58 bits per heavy atom. The molecule has 9 nitrogen and oxygen atoms in total. The molecule has 1 aromatic carbocycles. The summed E-state index contributed by atoms with van der Waals surface area (Å²) in [5.74, 6) is -1.43. The highest BCUT2D eigenvalue weighted by molar-refractivity contribution is 6.03. The quantitative estimate of drug-likeness (QED) is 0.592. The van der Waals surface area contributed by atoms with E-state index in [1.807, 2.05) is 44.2 Å². The van der Waals surface area contributed by atoms with Gasteiger partial charge >= 0.3 is 0 Å². The number of fused-ring (bicyclic) bond motifs is 2. The first-order valence-electron chi connectivity index (χ1n) is 12.1. The molecule has 1 unspecified atom stereocenters. The highest BCUT2D eigenvalue weighted by Gasteiger charge is 2.52. The van der Waals surface area contributed by atoms with E-state index in [1.54, 1.807) is 29.3 Å². The third-order valence-electron chi connectivity index (χ3n) is 6.93. The van der Waals surface area contributed by atoms with Crippen molar-refractivity contribution in [3.05, 3.63) is 72.2 Å². The van der Waals surface area contributed by atoms with Crippen molar-refractivity contribution in [1.29, 1.82) is 0 Å². The van der Waals surface area contributed by atoms with E-state index in [0.717, 1.165) is 5.39 Å². The van der Waals surface area contributed by atoms with Gasteiger partial charge in [0.2, 0.25) is 5.91 Å². The molecule has 2 aliphatic rings. The van der Waals surface area contributed by atoms with Crippen LogP contribution < -0.4 is 5.32 Å². The average Bonchev–Trinajstić information content (AvgIpc) is 3.47. The summed E-state index contributed by atoms with van der Waals surface area (Å²) in [5, 5.41) is 3.75. The maximum atomic E-state index is 13.6. The predicted molar refractivity (Wildman–Crippen MR) is 132 cm³/mol. The minimum Gasteiger partial charge on any atom is -0.339 e. The molecule has 2 aliphatic heterocycles. The van der Waals surface area contributed by atoms with Crippen molar-refractivity contribution < 1.29 is 19.2 Å². The fourth-order valence-electron chi connectivity index (χ4n) is 5.09. The van der Waals surface area contributed by atoms with E-state index in [-0.39, 0.29) is 41.8 Å². The number of hydrogen-bond acceptors (Lipinski definition) is 6. The van der Waals surface area contributed by atoms with Crippen LogP contribution >= 0.6 is 0 Å². The van der Waals surface area contributed by atoms with Gasteiger partial charge in [0, 0.05) is 24.3 Å². The lowest BCUT2D eigenvalue weighted by Gasteiger charge is -2.30. The van der Waals surface area contributed by atoms with Gasteiger partial charge in [-0.3, -0.25) is 24.2 Å². The third-order valence-corrected chi connectivity index (χ3v) is 6.93. The van der Waals surface area contributed by atoms with Crippen molar-refractivity contribution >= 4 is 34.4 Å². The molecule has 5 rings (SSSR count). The van der Waals surface area contributed by atoms with Crippen LogP contribution in [-0.4, -0.2) is 74.5 Å². The van der Waals surface area contributed by atoms with Crippen molar-refractivity contribution in [3.8, 4) is 0 Å². The molecule has 2 fully saturated rings. The molecule has 0 spiro atoms. The molecule has 36 heavy (non-hydrogen) atoms. The third kappa shape index (κ3) is 4.21. The molecule has 184 valence electrons. The number of hydrogen-bond donors (Lipinski definition) is 1. The fourth-order valence-corrected chi connectivity index (χ4v) is 5.09. The molecule has 1 N–H and O–H groups in total. The Hall–Kier alpha value is -4.14. The molecule has 3 aromatic rings. The normalized spacial score (nSPS) is 20.0. The summed E-state index contributed by atoms with van der Waals surface area (Å²) >= 11 is 0. The minimum absolute atomic E-state index is 0.0491. The summed E-state index contributed by atoms with van der Waals surface area (Å²) in [6, 6.07) is 12.3. The van der Waals surface area contributed by atoms with E-state index in [1.165, 1.54) is 11.1 Å². The van der Waals surface area contributed by atoms with E-state index in [0.29, 0.717) is 24.0 Å². The molecule has 0 saturated carbocycles. The number of Topliss-reactive ketones (excluding diaryl/α,β-unsaturated/α-hetero) is 1. The van der Waals surface area contributed by atoms with Gasteiger partial charge in [0.15, 0.2) is 5.78 Å². The Bertz CT molecular complexity index is 1340. The van der Waals surface area contributed by atoms with Gasteiger partial charge in [0.25, 0.3) is 11.8 Å². The number of carbonyl (C=O) groups is 4. The van der Waals surface area contributed by atoms with Gasteiger partial charge in [-0.1, -0.05) is 38.1 Å². The fraction of sp³-hybridized carbons (Fsp3) is 0.333. The summed E-state index contributed by atoms with van der Waals surface area (Å²) in [6.45, 7) is 3.98. The topological polar surface area (TPSA) is 113 Å². The van der Waals surface area contributed by atoms with Gasteiger partial charge in [0.05, 0.1) is 23.7 Å². The van der Waals surface area contributed by atoms with E-state index in [2.05, 4.69) is 15.3 Å². The molecular weight excluding hydrogens is 458 g/mol. The first-order valence-corrected chi connectivity index (χ1v) is 12.1. The number of benzene rings is 1. The van der Waals surface area contributed by atoms with Gasteiger partial charge in [-0.25, -0.2) is 4.98 Å². The molecule has 3 atom stereocenters. The molecule has 2 aromatic heterocycles. The second-order valence-electron chi connectivity index (χ2n) is 9.56. The molecule has 0 aliphatic carbocycles. The lowest BCUT2D eigenvalue weighted by molar-refractivity contribution is -0.138. The van der Waals surface area contributed by atoms with Crippen LogP contribution in [0.15, 0.2) is 60.9 Å². The number of nitrogens with zero attached hydrogens (tertiary/aromatic N) is 4. The summed E-state index contributed by atoms with van der Waals surface area (Å²) in [7, 11) is 0. The van der Waals surface area contributed by atoms with Crippen LogP contribution in [0.25, 0.3) is 10.9 Å².